The monoisotopic (exact) mass is 392 g/mol. The minimum Gasteiger partial charge on any atom is -0.489 e. The molecule has 27 heavy (non-hydrogen) atoms. The van der Waals surface area contributed by atoms with Gasteiger partial charge in [0, 0.05) is 13.0 Å². The van der Waals surface area contributed by atoms with Gasteiger partial charge in [-0.05, 0) is 29.8 Å². The fourth-order valence-corrected chi connectivity index (χ4v) is 4.13. The van der Waals surface area contributed by atoms with Crippen LogP contribution in [0, 0.1) is 0 Å². The highest BCUT2D eigenvalue weighted by Gasteiger charge is 2.45. The molecule has 1 aliphatic rings. The van der Waals surface area contributed by atoms with Crippen molar-refractivity contribution in [3.63, 3.8) is 0 Å². The van der Waals surface area contributed by atoms with E-state index in [1.807, 2.05) is 30.3 Å². The molecule has 0 spiro atoms. The van der Waals surface area contributed by atoms with Crippen LogP contribution in [0.15, 0.2) is 59.5 Å². The molecular formula is C18H20N2O6S. The molecule has 1 heterocycles. The van der Waals surface area contributed by atoms with Crippen LogP contribution in [-0.4, -0.2) is 38.3 Å². The molecule has 3 rings (SSSR count). The van der Waals surface area contributed by atoms with Gasteiger partial charge in [-0.1, -0.05) is 30.3 Å². The highest BCUT2D eigenvalue weighted by atomic mass is 32.2. The van der Waals surface area contributed by atoms with Gasteiger partial charge in [0.15, 0.2) is 0 Å². The quantitative estimate of drug-likeness (QED) is 0.482. The molecular weight excluding hydrogens is 372 g/mol. The fraction of sp³-hybridized carbons (Fsp3) is 0.278. The summed E-state index contributed by atoms with van der Waals surface area (Å²) >= 11 is 0. The second kappa shape index (κ2) is 8.05. The fourth-order valence-electron chi connectivity index (χ4n) is 2.75. The van der Waals surface area contributed by atoms with Gasteiger partial charge < -0.3 is 9.47 Å². The summed E-state index contributed by atoms with van der Waals surface area (Å²) in [6, 6.07) is 15.5. The Morgan fingerprint density at radius 1 is 1.15 bits per heavy atom. The van der Waals surface area contributed by atoms with E-state index in [1.54, 1.807) is 12.1 Å². The van der Waals surface area contributed by atoms with Crippen LogP contribution < -0.4 is 14.9 Å². The summed E-state index contributed by atoms with van der Waals surface area (Å²) in [6.07, 6.45) is 0.122. The SMILES string of the molecule is O=C(NO)C1(NS(=O)(=O)c2ccc(OCc3ccccc3)cc2)CCOC1. The predicted octanol–water partition coefficient (Wildman–Crippen LogP) is 1.21. The van der Waals surface area contributed by atoms with Gasteiger partial charge in [0.2, 0.25) is 10.0 Å². The van der Waals surface area contributed by atoms with E-state index < -0.39 is 21.5 Å². The van der Waals surface area contributed by atoms with Crippen molar-refractivity contribution >= 4 is 15.9 Å². The molecule has 144 valence electrons. The molecule has 1 amide bonds. The molecule has 0 radical (unpaired) electrons. The molecule has 8 nitrogen and oxygen atoms in total. The van der Waals surface area contributed by atoms with Gasteiger partial charge in [0.25, 0.3) is 5.91 Å². The normalized spacial score (nSPS) is 19.6. The maximum Gasteiger partial charge on any atom is 0.267 e. The van der Waals surface area contributed by atoms with Crippen molar-refractivity contribution in [2.24, 2.45) is 0 Å². The van der Waals surface area contributed by atoms with E-state index in [4.69, 9.17) is 14.7 Å². The van der Waals surface area contributed by atoms with Crippen molar-refractivity contribution in [2.45, 2.75) is 23.5 Å². The first-order chi connectivity index (χ1) is 13.0. The van der Waals surface area contributed by atoms with Crippen LogP contribution in [0.4, 0.5) is 0 Å². The third-order valence-corrected chi connectivity index (χ3v) is 5.82. The second-order valence-corrected chi connectivity index (χ2v) is 7.86. The van der Waals surface area contributed by atoms with E-state index in [1.165, 1.54) is 17.6 Å². The average Bonchev–Trinajstić information content (AvgIpc) is 3.16. The van der Waals surface area contributed by atoms with E-state index in [2.05, 4.69) is 4.72 Å². The van der Waals surface area contributed by atoms with Crippen molar-refractivity contribution in [2.75, 3.05) is 13.2 Å². The Bertz CT molecular complexity index is 878. The third kappa shape index (κ3) is 4.45. The summed E-state index contributed by atoms with van der Waals surface area (Å²) in [5.41, 5.74) is 0.960. The summed E-state index contributed by atoms with van der Waals surface area (Å²) < 4.78 is 38.4. The zero-order valence-corrected chi connectivity index (χ0v) is 15.2. The number of hydroxylamine groups is 1. The summed E-state index contributed by atoms with van der Waals surface area (Å²) in [7, 11) is -4.00. The van der Waals surface area contributed by atoms with Crippen molar-refractivity contribution in [3.8, 4) is 5.75 Å². The van der Waals surface area contributed by atoms with Gasteiger partial charge >= 0.3 is 0 Å². The molecule has 0 saturated carbocycles. The van der Waals surface area contributed by atoms with E-state index >= 15 is 0 Å². The lowest BCUT2D eigenvalue weighted by Gasteiger charge is -2.25. The molecule has 1 aliphatic heterocycles. The van der Waals surface area contributed by atoms with Crippen LogP contribution in [0.25, 0.3) is 0 Å². The van der Waals surface area contributed by atoms with Crippen LogP contribution in [0.1, 0.15) is 12.0 Å². The van der Waals surface area contributed by atoms with E-state index in [9.17, 15) is 13.2 Å². The summed E-state index contributed by atoms with van der Waals surface area (Å²) in [6.45, 7) is 0.418. The van der Waals surface area contributed by atoms with Gasteiger partial charge in [-0.2, -0.15) is 4.72 Å². The van der Waals surface area contributed by atoms with Crippen LogP contribution >= 0.6 is 0 Å². The number of benzene rings is 2. The molecule has 1 saturated heterocycles. The summed E-state index contributed by atoms with van der Waals surface area (Å²) in [4.78, 5) is 11.9. The number of hydrogen-bond acceptors (Lipinski definition) is 6. The molecule has 1 unspecified atom stereocenters. The Morgan fingerprint density at radius 3 is 2.44 bits per heavy atom. The number of hydrogen-bond donors (Lipinski definition) is 3. The smallest absolute Gasteiger partial charge is 0.267 e. The van der Waals surface area contributed by atoms with E-state index in [0.717, 1.165) is 5.56 Å². The Kier molecular flexibility index (Phi) is 5.76. The molecule has 0 aromatic heterocycles. The average molecular weight is 392 g/mol. The molecule has 3 N–H and O–H groups in total. The predicted molar refractivity (Wildman–Crippen MR) is 95.6 cm³/mol. The first-order valence-electron chi connectivity index (χ1n) is 8.28. The van der Waals surface area contributed by atoms with Crippen molar-refractivity contribution in [1.29, 1.82) is 0 Å². The molecule has 1 fully saturated rings. The zero-order valence-electron chi connectivity index (χ0n) is 14.4. The van der Waals surface area contributed by atoms with Gasteiger partial charge in [-0.15, -0.1) is 0 Å². The minimum atomic E-state index is -4.00. The first kappa shape index (κ1) is 19.3. The largest absolute Gasteiger partial charge is 0.489 e. The highest BCUT2D eigenvalue weighted by Crippen LogP contribution is 2.24. The topological polar surface area (TPSA) is 114 Å². The van der Waals surface area contributed by atoms with Gasteiger partial charge in [-0.25, -0.2) is 13.9 Å². The van der Waals surface area contributed by atoms with Crippen molar-refractivity contribution < 1.29 is 27.9 Å². The number of rotatable bonds is 7. The van der Waals surface area contributed by atoms with Crippen molar-refractivity contribution in [1.82, 2.24) is 10.2 Å². The molecule has 2 aromatic carbocycles. The van der Waals surface area contributed by atoms with Crippen LogP contribution in [-0.2, 0) is 26.2 Å². The van der Waals surface area contributed by atoms with Gasteiger partial charge in [0.05, 0.1) is 11.5 Å². The lowest BCUT2D eigenvalue weighted by molar-refractivity contribution is -0.135. The lowest BCUT2D eigenvalue weighted by atomic mass is 10.00. The highest BCUT2D eigenvalue weighted by molar-refractivity contribution is 7.89. The Balaban J connectivity index is 1.70. The van der Waals surface area contributed by atoms with Crippen LogP contribution in [0.5, 0.6) is 5.75 Å². The Morgan fingerprint density at radius 2 is 1.85 bits per heavy atom. The second-order valence-electron chi connectivity index (χ2n) is 6.18. The van der Waals surface area contributed by atoms with Crippen molar-refractivity contribution in [3.05, 3.63) is 60.2 Å². The van der Waals surface area contributed by atoms with Crippen LogP contribution in [0.3, 0.4) is 0 Å². The summed E-state index contributed by atoms with van der Waals surface area (Å²) in [5.74, 6) is -0.337. The molecule has 0 bridgehead atoms. The number of ether oxygens (including phenoxy) is 2. The maximum atomic E-state index is 12.6. The number of sulfonamides is 1. The van der Waals surface area contributed by atoms with Crippen LogP contribution in [0.2, 0.25) is 0 Å². The van der Waals surface area contributed by atoms with Gasteiger partial charge in [0.1, 0.15) is 17.9 Å². The maximum absolute atomic E-state index is 12.6. The number of amides is 1. The molecule has 0 aliphatic carbocycles. The number of nitrogens with one attached hydrogen (secondary N) is 2. The molecule has 9 heteroatoms. The molecule has 1 atom stereocenters. The lowest BCUT2D eigenvalue weighted by Crippen LogP contribution is -2.58. The summed E-state index contributed by atoms with van der Waals surface area (Å²) in [5, 5.41) is 8.91. The number of carbonyl (C=O) groups excluding carboxylic acids is 1. The number of carbonyl (C=O) groups is 1. The minimum absolute atomic E-state index is 0.0217. The standard InChI is InChI=1S/C18H20N2O6S/c21-17(19-22)18(10-11-25-13-18)20-27(23,24)16-8-6-15(7-9-16)26-12-14-4-2-1-3-5-14/h1-9,20,22H,10-13H2,(H,19,21). The third-order valence-electron chi connectivity index (χ3n) is 4.27. The van der Waals surface area contributed by atoms with E-state index in [-0.39, 0.29) is 24.5 Å². The Hall–Kier alpha value is -2.46. The van der Waals surface area contributed by atoms with Gasteiger partial charge in [-0.3, -0.25) is 10.0 Å². The van der Waals surface area contributed by atoms with E-state index in [0.29, 0.717) is 12.4 Å². The Labute approximate surface area is 157 Å². The zero-order chi connectivity index (χ0) is 19.3. The molecule has 2 aromatic rings. The first-order valence-corrected chi connectivity index (χ1v) is 9.77.